The van der Waals surface area contributed by atoms with Crippen molar-refractivity contribution in [3.8, 4) is 5.75 Å². The van der Waals surface area contributed by atoms with Crippen molar-refractivity contribution in [2.24, 2.45) is 0 Å². The van der Waals surface area contributed by atoms with Crippen molar-refractivity contribution in [2.75, 3.05) is 12.9 Å². The molecule has 2 aromatic carbocycles. The lowest BCUT2D eigenvalue weighted by Crippen LogP contribution is -2.24. The lowest BCUT2D eigenvalue weighted by Gasteiger charge is -2.07. The van der Waals surface area contributed by atoms with Crippen molar-refractivity contribution in [1.29, 1.82) is 0 Å². The van der Waals surface area contributed by atoms with Gasteiger partial charge in [0.25, 0.3) is 0 Å². The first-order valence-corrected chi connectivity index (χ1v) is 7.85. The summed E-state index contributed by atoms with van der Waals surface area (Å²) in [5.41, 5.74) is 1.47. The van der Waals surface area contributed by atoms with Crippen LogP contribution in [0.2, 0.25) is 0 Å². The molecule has 0 atom stereocenters. The monoisotopic (exact) mass is 319 g/mol. The van der Waals surface area contributed by atoms with Gasteiger partial charge in [-0.15, -0.1) is 11.8 Å². The highest BCUT2D eigenvalue weighted by molar-refractivity contribution is 8.00. The summed E-state index contributed by atoms with van der Waals surface area (Å²) in [7, 11) is 1.62. The summed E-state index contributed by atoms with van der Waals surface area (Å²) in [4.78, 5) is 12.8. The number of halogens is 1. The third kappa shape index (κ3) is 4.77. The minimum Gasteiger partial charge on any atom is -0.497 e. The Morgan fingerprint density at radius 3 is 2.59 bits per heavy atom. The van der Waals surface area contributed by atoms with Crippen LogP contribution >= 0.6 is 11.8 Å². The maximum atomic E-state index is 13.2. The van der Waals surface area contributed by atoms with Crippen LogP contribution in [0.15, 0.2) is 47.4 Å². The zero-order valence-corrected chi connectivity index (χ0v) is 13.4. The van der Waals surface area contributed by atoms with Gasteiger partial charge in [-0.25, -0.2) is 4.39 Å². The highest BCUT2D eigenvalue weighted by Crippen LogP contribution is 2.21. The molecule has 2 aromatic rings. The standard InChI is InChI=1S/C17H18FNO2S/c1-12-9-13(3-8-16(12)18)10-19-17(20)11-22-15-6-4-14(21-2)5-7-15/h3-9H,10-11H2,1-2H3,(H,19,20). The second kappa shape index (κ2) is 7.84. The number of carbonyl (C=O) groups is 1. The first-order valence-electron chi connectivity index (χ1n) is 6.87. The topological polar surface area (TPSA) is 38.3 Å². The van der Waals surface area contributed by atoms with Gasteiger partial charge in [-0.05, 0) is 48.4 Å². The zero-order valence-electron chi connectivity index (χ0n) is 12.6. The van der Waals surface area contributed by atoms with Gasteiger partial charge in [-0.1, -0.05) is 12.1 Å². The molecule has 22 heavy (non-hydrogen) atoms. The normalized spacial score (nSPS) is 10.3. The molecule has 2 rings (SSSR count). The van der Waals surface area contributed by atoms with Crippen molar-refractivity contribution in [1.82, 2.24) is 5.32 Å². The van der Waals surface area contributed by atoms with Gasteiger partial charge in [0.2, 0.25) is 5.91 Å². The lowest BCUT2D eigenvalue weighted by molar-refractivity contribution is -0.118. The van der Waals surface area contributed by atoms with Crippen LogP contribution < -0.4 is 10.1 Å². The van der Waals surface area contributed by atoms with E-state index in [-0.39, 0.29) is 11.7 Å². The number of hydrogen-bond donors (Lipinski definition) is 1. The van der Waals surface area contributed by atoms with Gasteiger partial charge >= 0.3 is 0 Å². The molecule has 5 heteroatoms. The lowest BCUT2D eigenvalue weighted by atomic mass is 10.1. The Morgan fingerprint density at radius 2 is 1.95 bits per heavy atom. The fourth-order valence-electron chi connectivity index (χ4n) is 1.89. The van der Waals surface area contributed by atoms with Crippen LogP contribution in [-0.2, 0) is 11.3 Å². The number of carbonyl (C=O) groups excluding carboxylic acids is 1. The Labute approximate surface area is 133 Å². The van der Waals surface area contributed by atoms with E-state index in [4.69, 9.17) is 4.74 Å². The zero-order chi connectivity index (χ0) is 15.9. The Hall–Kier alpha value is -2.01. The van der Waals surface area contributed by atoms with Crippen LogP contribution in [0.1, 0.15) is 11.1 Å². The molecular weight excluding hydrogens is 301 g/mol. The molecule has 0 aliphatic rings. The molecule has 0 fully saturated rings. The number of aryl methyl sites for hydroxylation is 1. The van der Waals surface area contributed by atoms with Gasteiger partial charge in [0.15, 0.2) is 0 Å². The number of hydrogen-bond acceptors (Lipinski definition) is 3. The van der Waals surface area contributed by atoms with Gasteiger partial charge in [0.05, 0.1) is 12.9 Å². The summed E-state index contributed by atoms with van der Waals surface area (Å²) >= 11 is 1.46. The maximum Gasteiger partial charge on any atom is 0.230 e. The van der Waals surface area contributed by atoms with Gasteiger partial charge in [-0.3, -0.25) is 4.79 Å². The van der Waals surface area contributed by atoms with Crippen molar-refractivity contribution in [3.63, 3.8) is 0 Å². The first-order chi connectivity index (χ1) is 10.6. The highest BCUT2D eigenvalue weighted by atomic mass is 32.2. The molecule has 3 nitrogen and oxygen atoms in total. The van der Waals surface area contributed by atoms with E-state index >= 15 is 0 Å². The first kappa shape index (κ1) is 16.4. The molecule has 0 unspecified atom stereocenters. The molecule has 0 saturated carbocycles. The number of thioether (sulfide) groups is 1. The quantitative estimate of drug-likeness (QED) is 0.828. The smallest absolute Gasteiger partial charge is 0.230 e. The molecule has 0 aliphatic carbocycles. The van der Waals surface area contributed by atoms with Gasteiger partial charge in [0, 0.05) is 11.4 Å². The molecular formula is C17H18FNO2S. The fraction of sp³-hybridized carbons (Fsp3) is 0.235. The molecule has 1 N–H and O–H groups in total. The molecule has 0 saturated heterocycles. The molecule has 1 amide bonds. The second-order valence-electron chi connectivity index (χ2n) is 4.82. The van der Waals surface area contributed by atoms with Gasteiger partial charge in [-0.2, -0.15) is 0 Å². The summed E-state index contributed by atoms with van der Waals surface area (Å²) < 4.78 is 18.2. The Bertz CT molecular complexity index is 644. The predicted molar refractivity (Wildman–Crippen MR) is 86.7 cm³/mol. The van der Waals surface area contributed by atoms with Gasteiger partial charge < -0.3 is 10.1 Å². The SMILES string of the molecule is COc1ccc(SCC(=O)NCc2ccc(F)c(C)c2)cc1. The third-order valence-electron chi connectivity index (χ3n) is 3.14. The Kier molecular flexibility index (Phi) is 5.83. The summed E-state index contributed by atoms with van der Waals surface area (Å²) in [6.07, 6.45) is 0. The molecule has 0 heterocycles. The second-order valence-corrected chi connectivity index (χ2v) is 5.87. The number of nitrogens with one attached hydrogen (secondary N) is 1. The molecule has 116 valence electrons. The number of ether oxygens (including phenoxy) is 1. The average molecular weight is 319 g/mol. The van der Waals surface area contributed by atoms with E-state index in [1.54, 1.807) is 26.2 Å². The Morgan fingerprint density at radius 1 is 1.23 bits per heavy atom. The largest absolute Gasteiger partial charge is 0.497 e. The summed E-state index contributed by atoms with van der Waals surface area (Å²) in [6.45, 7) is 2.11. The maximum absolute atomic E-state index is 13.2. The van der Waals surface area contributed by atoms with Gasteiger partial charge in [0.1, 0.15) is 11.6 Å². The number of rotatable bonds is 6. The predicted octanol–water partition coefficient (Wildman–Crippen LogP) is 3.55. The van der Waals surface area contributed by atoms with Crippen LogP contribution in [-0.4, -0.2) is 18.8 Å². The molecule has 0 bridgehead atoms. The Balaban J connectivity index is 1.78. The summed E-state index contributed by atoms with van der Waals surface area (Å²) in [5.74, 6) is 0.848. The summed E-state index contributed by atoms with van der Waals surface area (Å²) in [6, 6.07) is 12.4. The number of methoxy groups -OCH3 is 1. The molecule has 0 aromatic heterocycles. The van der Waals surface area contributed by atoms with Crippen molar-refractivity contribution < 1.29 is 13.9 Å². The van der Waals surface area contributed by atoms with Crippen molar-refractivity contribution >= 4 is 17.7 Å². The molecule has 0 spiro atoms. The van der Waals surface area contributed by atoms with E-state index in [1.807, 2.05) is 24.3 Å². The van der Waals surface area contributed by atoms with E-state index < -0.39 is 0 Å². The van der Waals surface area contributed by atoms with Crippen molar-refractivity contribution in [3.05, 3.63) is 59.4 Å². The minimum atomic E-state index is -0.231. The van der Waals surface area contributed by atoms with Crippen LogP contribution in [0.5, 0.6) is 5.75 Å². The van der Waals surface area contributed by atoms with Crippen LogP contribution in [0, 0.1) is 12.7 Å². The van der Waals surface area contributed by atoms with Crippen molar-refractivity contribution in [2.45, 2.75) is 18.4 Å². The van der Waals surface area contributed by atoms with E-state index in [0.717, 1.165) is 16.2 Å². The highest BCUT2D eigenvalue weighted by Gasteiger charge is 2.04. The fourth-order valence-corrected chi connectivity index (χ4v) is 2.62. The van der Waals surface area contributed by atoms with E-state index in [2.05, 4.69) is 5.32 Å². The number of benzene rings is 2. The molecule has 0 radical (unpaired) electrons. The van der Waals surface area contributed by atoms with Crippen LogP contribution in [0.25, 0.3) is 0 Å². The minimum absolute atomic E-state index is 0.0530. The van der Waals surface area contributed by atoms with E-state index in [1.165, 1.54) is 17.8 Å². The molecule has 0 aliphatic heterocycles. The van der Waals surface area contributed by atoms with Crippen LogP contribution in [0.3, 0.4) is 0 Å². The van der Waals surface area contributed by atoms with E-state index in [0.29, 0.717) is 17.9 Å². The van der Waals surface area contributed by atoms with Crippen LogP contribution in [0.4, 0.5) is 4.39 Å². The average Bonchev–Trinajstić information content (AvgIpc) is 2.54. The number of amides is 1. The van der Waals surface area contributed by atoms with E-state index in [9.17, 15) is 9.18 Å². The third-order valence-corrected chi connectivity index (χ3v) is 4.15. The summed E-state index contributed by atoms with van der Waals surface area (Å²) in [5, 5.41) is 2.83.